The summed E-state index contributed by atoms with van der Waals surface area (Å²) in [5, 5.41) is 0. The molecule has 30 heavy (non-hydrogen) atoms. The average molecular weight is 438 g/mol. The van der Waals surface area contributed by atoms with Gasteiger partial charge in [0, 0.05) is 31.7 Å². The highest BCUT2D eigenvalue weighted by Crippen LogP contribution is 2.22. The van der Waals surface area contributed by atoms with Gasteiger partial charge in [0.2, 0.25) is 10.0 Å². The number of hydrogen-bond donors (Lipinski definition) is 1. The fourth-order valence-electron chi connectivity index (χ4n) is 3.36. The molecule has 0 saturated carbocycles. The zero-order valence-electron chi connectivity index (χ0n) is 15.6. The van der Waals surface area contributed by atoms with Crippen molar-refractivity contribution in [1.29, 1.82) is 0 Å². The summed E-state index contributed by atoms with van der Waals surface area (Å²) in [6.45, 7) is 0.423. The van der Waals surface area contributed by atoms with Crippen LogP contribution in [0.3, 0.4) is 0 Å². The first kappa shape index (κ1) is 20.4. The molecule has 0 spiro atoms. The number of nitrogens with one attached hydrogen (secondary N) is 1. The molecule has 1 saturated heterocycles. The van der Waals surface area contributed by atoms with Crippen LogP contribution < -0.4 is 0 Å². The molecule has 2 aromatic carbocycles. The summed E-state index contributed by atoms with van der Waals surface area (Å²) >= 11 is 0. The molecule has 0 radical (unpaired) electrons. The lowest BCUT2D eigenvalue weighted by Gasteiger charge is -2.34. The van der Waals surface area contributed by atoms with Crippen LogP contribution in [0.2, 0.25) is 0 Å². The number of amides is 1. The van der Waals surface area contributed by atoms with Crippen LogP contribution in [-0.2, 0) is 10.0 Å². The van der Waals surface area contributed by atoms with Crippen molar-refractivity contribution in [2.45, 2.75) is 11.3 Å². The summed E-state index contributed by atoms with van der Waals surface area (Å²) < 4.78 is 65.5. The van der Waals surface area contributed by atoms with Gasteiger partial charge in [0.1, 0.15) is 5.82 Å². The number of hydrogen-bond acceptors (Lipinski definition) is 4. The van der Waals surface area contributed by atoms with E-state index in [1.54, 1.807) is 0 Å². The zero-order valence-corrected chi connectivity index (χ0v) is 16.4. The number of alkyl halides is 2. The zero-order chi connectivity index (χ0) is 21.5. The molecule has 7 nitrogen and oxygen atoms in total. The number of carbonyl (C=O) groups excluding carboxylic acids is 1. The van der Waals surface area contributed by atoms with Crippen molar-refractivity contribution in [3.05, 3.63) is 59.7 Å². The van der Waals surface area contributed by atoms with E-state index in [4.69, 9.17) is 0 Å². The molecular weight excluding hydrogens is 421 g/mol. The molecule has 2 heterocycles. The van der Waals surface area contributed by atoms with E-state index >= 15 is 0 Å². The van der Waals surface area contributed by atoms with Gasteiger partial charge >= 0.3 is 0 Å². The van der Waals surface area contributed by atoms with Gasteiger partial charge in [-0.3, -0.25) is 4.79 Å². The minimum Gasteiger partial charge on any atom is -0.337 e. The fourth-order valence-corrected chi connectivity index (χ4v) is 4.81. The molecule has 0 unspecified atom stereocenters. The largest absolute Gasteiger partial charge is 0.337 e. The Kier molecular flexibility index (Phi) is 5.24. The molecule has 1 N–H and O–H groups in total. The minimum absolute atomic E-state index is 0.0619. The van der Waals surface area contributed by atoms with Gasteiger partial charge in [0.15, 0.2) is 5.82 Å². The molecule has 0 atom stereocenters. The quantitative estimate of drug-likeness (QED) is 0.679. The third-order valence-corrected chi connectivity index (χ3v) is 6.81. The Morgan fingerprint density at radius 2 is 1.80 bits per heavy atom. The van der Waals surface area contributed by atoms with E-state index in [9.17, 15) is 26.4 Å². The van der Waals surface area contributed by atoms with E-state index in [0.717, 1.165) is 12.1 Å². The fraction of sp³-hybridized carbons (Fsp3) is 0.263. The Morgan fingerprint density at radius 3 is 2.47 bits per heavy atom. The van der Waals surface area contributed by atoms with Crippen LogP contribution >= 0.6 is 0 Å². The molecule has 0 aliphatic carbocycles. The topological polar surface area (TPSA) is 86.4 Å². The van der Waals surface area contributed by atoms with Crippen molar-refractivity contribution >= 4 is 27.0 Å². The second-order valence-electron chi connectivity index (χ2n) is 6.81. The van der Waals surface area contributed by atoms with Crippen molar-refractivity contribution < 1.29 is 26.4 Å². The number of piperazine rings is 1. The summed E-state index contributed by atoms with van der Waals surface area (Å²) in [7, 11) is -3.86. The molecule has 1 aliphatic heterocycles. The molecule has 11 heteroatoms. The number of aromatic amines is 1. The SMILES string of the molecule is O=C(c1ccc2nc(C(F)F)[nH]c2c1)N1CCN(S(=O)(=O)c2cccc(F)c2)CC1. The van der Waals surface area contributed by atoms with Gasteiger partial charge in [0.25, 0.3) is 12.3 Å². The van der Waals surface area contributed by atoms with Crippen molar-refractivity contribution in [3.63, 3.8) is 0 Å². The number of sulfonamides is 1. The number of benzene rings is 2. The maximum Gasteiger partial charge on any atom is 0.295 e. The molecule has 1 aromatic heterocycles. The summed E-state index contributed by atoms with van der Waals surface area (Å²) in [5.41, 5.74) is 0.935. The molecule has 1 aliphatic rings. The van der Waals surface area contributed by atoms with Crippen LogP contribution in [-0.4, -0.2) is 59.7 Å². The first-order chi connectivity index (χ1) is 14.3. The Morgan fingerprint density at radius 1 is 1.07 bits per heavy atom. The third kappa shape index (κ3) is 3.77. The Labute approximate surface area is 170 Å². The van der Waals surface area contributed by atoms with E-state index in [1.807, 2.05) is 0 Å². The number of halogens is 3. The van der Waals surface area contributed by atoms with Gasteiger partial charge in [-0.25, -0.2) is 26.6 Å². The average Bonchev–Trinajstić information content (AvgIpc) is 3.17. The number of carbonyl (C=O) groups is 1. The van der Waals surface area contributed by atoms with Crippen LogP contribution in [0.5, 0.6) is 0 Å². The van der Waals surface area contributed by atoms with Gasteiger partial charge in [0.05, 0.1) is 15.9 Å². The summed E-state index contributed by atoms with van der Waals surface area (Å²) in [4.78, 5) is 20.4. The third-order valence-electron chi connectivity index (χ3n) is 4.91. The predicted octanol–water partition coefficient (Wildman–Crippen LogP) is 2.79. The standard InChI is InChI=1S/C19H17F3N4O3S/c20-13-2-1-3-14(11-13)30(28,29)26-8-6-25(7-9-26)19(27)12-4-5-15-16(10-12)24-18(23-15)17(21)22/h1-5,10-11,17H,6-9H2,(H,23,24). The lowest BCUT2D eigenvalue weighted by Crippen LogP contribution is -2.50. The maximum absolute atomic E-state index is 13.4. The first-order valence-corrected chi connectivity index (χ1v) is 10.5. The highest BCUT2D eigenvalue weighted by molar-refractivity contribution is 7.89. The highest BCUT2D eigenvalue weighted by atomic mass is 32.2. The minimum atomic E-state index is -3.86. The number of H-pyrrole nitrogens is 1. The van der Waals surface area contributed by atoms with Crippen LogP contribution in [0.4, 0.5) is 13.2 Å². The van der Waals surface area contributed by atoms with Gasteiger partial charge in [-0.15, -0.1) is 0 Å². The highest BCUT2D eigenvalue weighted by Gasteiger charge is 2.30. The smallest absolute Gasteiger partial charge is 0.295 e. The summed E-state index contributed by atoms with van der Waals surface area (Å²) in [6, 6.07) is 9.20. The molecule has 4 rings (SSSR count). The van der Waals surface area contributed by atoms with Gasteiger partial charge in [-0.05, 0) is 36.4 Å². The van der Waals surface area contributed by atoms with Crippen molar-refractivity contribution in [2.75, 3.05) is 26.2 Å². The number of nitrogens with zero attached hydrogens (tertiary/aromatic N) is 3. The number of imidazole rings is 1. The second-order valence-corrected chi connectivity index (χ2v) is 8.75. The van der Waals surface area contributed by atoms with E-state index < -0.39 is 28.1 Å². The van der Waals surface area contributed by atoms with Crippen molar-refractivity contribution in [3.8, 4) is 0 Å². The predicted molar refractivity (Wildman–Crippen MR) is 102 cm³/mol. The van der Waals surface area contributed by atoms with Crippen LogP contribution in [0.15, 0.2) is 47.4 Å². The van der Waals surface area contributed by atoms with Crippen molar-refractivity contribution in [1.82, 2.24) is 19.2 Å². The van der Waals surface area contributed by atoms with E-state index in [2.05, 4.69) is 9.97 Å². The van der Waals surface area contributed by atoms with E-state index in [0.29, 0.717) is 11.0 Å². The maximum atomic E-state index is 13.4. The van der Waals surface area contributed by atoms with Crippen LogP contribution in [0, 0.1) is 5.82 Å². The lowest BCUT2D eigenvalue weighted by atomic mass is 10.1. The molecule has 158 valence electrons. The molecule has 0 bridgehead atoms. The monoisotopic (exact) mass is 438 g/mol. The van der Waals surface area contributed by atoms with Crippen LogP contribution in [0.25, 0.3) is 11.0 Å². The lowest BCUT2D eigenvalue weighted by molar-refractivity contribution is 0.0698. The first-order valence-electron chi connectivity index (χ1n) is 9.08. The summed E-state index contributed by atoms with van der Waals surface area (Å²) in [6.07, 6.45) is -2.75. The molecule has 1 amide bonds. The van der Waals surface area contributed by atoms with Gasteiger partial charge in [-0.1, -0.05) is 6.07 Å². The molecule has 3 aromatic rings. The van der Waals surface area contributed by atoms with Gasteiger partial charge in [-0.2, -0.15) is 4.31 Å². The normalized spacial score (nSPS) is 15.8. The Balaban J connectivity index is 1.47. The molecular formula is C19H17F3N4O3S. The number of rotatable bonds is 4. The second kappa shape index (κ2) is 7.73. The summed E-state index contributed by atoms with van der Waals surface area (Å²) in [5.74, 6) is -1.45. The number of aromatic nitrogens is 2. The van der Waals surface area contributed by atoms with Crippen LogP contribution in [0.1, 0.15) is 22.6 Å². The number of fused-ring (bicyclic) bond motifs is 1. The Hall–Kier alpha value is -2.92. The van der Waals surface area contributed by atoms with E-state index in [1.165, 1.54) is 39.5 Å². The molecule has 1 fully saturated rings. The van der Waals surface area contributed by atoms with E-state index in [-0.39, 0.29) is 42.5 Å². The Bertz CT molecular complexity index is 1200. The van der Waals surface area contributed by atoms with Crippen molar-refractivity contribution in [2.24, 2.45) is 0 Å². The van der Waals surface area contributed by atoms with Gasteiger partial charge < -0.3 is 9.88 Å².